The maximum atomic E-state index is 5.74. The summed E-state index contributed by atoms with van der Waals surface area (Å²) in [6, 6.07) is 3.74. The summed E-state index contributed by atoms with van der Waals surface area (Å²) in [6.45, 7) is 2.03. The lowest BCUT2D eigenvalue weighted by atomic mass is 10.1. The Morgan fingerprint density at radius 2 is 2.33 bits per heavy atom. The normalized spacial score (nSPS) is 18.4. The molecule has 0 N–H and O–H groups in total. The molecule has 0 amide bonds. The van der Waals surface area contributed by atoms with Crippen molar-refractivity contribution in [3.63, 3.8) is 0 Å². The van der Waals surface area contributed by atoms with Gasteiger partial charge < -0.3 is 18.2 Å². The molecular weight excluding hydrogens is 272 g/mol. The van der Waals surface area contributed by atoms with Crippen LogP contribution in [0.3, 0.4) is 0 Å². The second kappa shape index (κ2) is 5.17. The van der Waals surface area contributed by atoms with Crippen molar-refractivity contribution >= 4 is 0 Å². The van der Waals surface area contributed by atoms with Crippen molar-refractivity contribution in [2.75, 3.05) is 13.2 Å². The van der Waals surface area contributed by atoms with Crippen molar-refractivity contribution in [3.05, 3.63) is 42.4 Å². The van der Waals surface area contributed by atoms with Gasteiger partial charge >= 0.3 is 0 Å². The summed E-state index contributed by atoms with van der Waals surface area (Å²) in [5.41, 5.74) is 0. The van der Waals surface area contributed by atoms with Gasteiger partial charge in [-0.25, -0.2) is 4.98 Å². The lowest BCUT2D eigenvalue weighted by Crippen LogP contribution is -1.99. The summed E-state index contributed by atoms with van der Waals surface area (Å²) in [7, 11) is 0. The third-order valence-corrected chi connectivity index (χ3v) is 3.51. The summed E-state index contributed by atoms with van der Waals surface area (Å²) in [5.74, 6) is 2.72. The van der Waals surface area contributed by atoms with Crippen LogP contribution >= 0.6 is 0 Å². The van der Waals surface area contributed by atoms with Gasteiger partial charge in [-0.1, -0.05) is 5.16 Å². The highest BCUT2D eigenvalue weighted by atomic mass is 16.5. The fourth-order valence-corrected chi connectivity index (χ4v) is 2.38. The predicted molar refractivity (Wildman–Crippen MR) is 71.5 cm³/mol. The minimum absolute atomic E-state index is 0.225. The monoisotopic (exact) mass is 286 g/mol. The summed E-state index contributed by atoms with van der Waals surface area (Å²) in [4.78, 5) is 8.40. The molecular formula is C14H14N4O3. The van der Waals surface area contributed by atoms with Crippen molar-refractivity contribution in [3.8, 4) is 11.7 Å². The number of imidazole rings is 1. The summed E-state index contributed by atoms with van der Waals surface area (Å²) < 4.78 is 18.3. The van der Waals surface area contributed by atoms with Gasteiger partial charge in [0.25, 0.3) is 5.89 Å². The molecule has 1 aliphatic rings. The quantitative estimate of drug-likeness (QED) is 0.730. The molecule has 1 saturated heterocycles. The SMILES string of the molecule is c1cn(Cc2ccc(-c3nc([C@@H]4CCOC4)no3)o2)cn1. The standard InChI is InChI=1S/C14H14N4O3/c1-2-12(20-11(1)7-18-5-4-15-9-18)14-16-13(17-21-14)10-3-6-19-8-10/h1-2,4-5,9-10H,3,6-8H2/t10-/m1/s1. The first-order valence-electron chi connectivity index (χ1n) is 6.84. The molecule has 7 heteroatoms. The molecule has 0 bridgehead atoms. The van der Waals surface area contributed by atoms with E-state index in [9.17, 15) is 0 Å². The van der Waals surface area contributed by atoms with E-state index in [1.807, 2.05) is 22.9 Å². The van der Waals surface area contributed by atoms with E-state index in [4.69, 9.17) is 13.7 Å². The third kappa shape index (κ3) is 2.47. The molecule has 0 radical (unpaired) electrons. The van der Waals surface area contributed by atoms with Gasteiger partial charge in [0.1, 0.15) is 5.76 Å². The number of hydrogen-bond acceptors (Lipinski definition) is 6. The maximum absolute atomic E-state index is 5.74. The van der Waals surface area contributed by atoms with E-state index in [0.717, 1.165) is 18.8 Å². The van der Waals surface area contributed by atoms with E-state index in [-0.39, 0.29) is 5.92 Å². The van der Waals surface area contributed by atoms with Crippen molar-refractivity contribution < 1.29 is 13.7 Å². The van der Waals surface area contributed by atoms with E-state index >= 15 is 0 Å². The molecule has 0 aliphatic carbocycles. The lowest BCUT2D eigenvalue weighted by Gasteiger charge is -1.97. The Kier molecular flexibility index (Phi) is 3.04. The van der Waals surface area contributed by atoms with Gasteiger partial charge in [-0.2, -0.15) is 4.98 Å². The second-order valence-electron chi connectivity index (χ2n) is 5.02. The lowest BCUT2D eigenvalue weighted by molar-refractivity contribution is 0.192. The largest absolute Gasteiger partial charge is 0.454 e. The van der Waals surface area contributed by atoms with Crippen LogP contribution in [0.1, 0.15) is 23.9 Å². The Bertz CT molecular complexity index is 710. The molecule has 4 rings (SSSR count). The van der Waals surface area contributed by atoms with Gasteiger partial charge in [-0.05, 0) is 18.6 Å². The first-order chi connectivity index (χ1) is 10.4. The summed E-state index contributed by atoms with van der Waals surface area (Å²) >= 11 is 0. The van der Waals surface area contributed by atoms with Crippen molar-refractivity contribution in [1.82, 2.24) is 19.7 Å². The van der Waals surface area contributed by atoms with Crippen LogP contribution in [0.25, 0.3) is 11.7 Å². The van der Waals surface area contributed by atoms with Gasteiger partial charge in [0.2, 0.25) is 0 Å². The van der Waals surface area contributed by atoms with Crippen LogP contribution in [0.5, 0.6) is 0 Å². The third-order valence-electron chi connectivity index (χ3n) is 3.51. The first kappa shape index (κ1) is 12.3. The van der Waals surface area contributed by atoms with E-state index in [1.165, 1.54) is 0 Å². The molecule has 3 aromatic rings. The van der Waals surface area contributed by atoms with Crippen LogP contribution in [0.4, 0.5) is 0 Å². The molecule has 4 heterocycles. The summed E-state index contributed by atoms with van der Waals surface area (Å²) in [5, 5.41) is 4.02. The van der Waals surface area contributed by atoms with Crippen LogP contribution in [0.2, 0.25) is 0 Å². The second-order valence-corrected chi connectivity index (χ2v) is 5.02. The van der Waals surface area contributed by atoms with E-state index in [1.54, 1.807) is 12.5 Å². The van der Waals surface area contributed by atoms with E-state index in [0.29, 0.717) is 30.6 Å². The molecule has 1 fully saturated rings. The molecule has 21 heavy (non-hydrogen) atoms. The van der Waals surface area contributed by atoms with Crippen molar-refractivity contribution in [2.45, 2.75) is 18.9 Å². The average molecular weight is 286 g/mol. The van der Waals surface area contributed by atoms with Crippen LogP contribution in [0, 0.1) is 0 Å². The Labute approximate surface area is 120 Å². The van der Waals surface area contributed by atoms with E-state index in [2.05, 4.69) is 15.1 Å². The van der Waals surface area contributed by atoms with Crippen molar-refractivity contribution in [2.24, 2.45) is 0 Å². The van der Waals surface area contributed by atoms with Crippen LogP contribution in [-0.2, 0) is 11.3 Å². The highest BCUT2D eigenvalue weighted by molar-refractivity contribution is 5.44. The van der Waals surface area contributed by atoms with Gasteiger partial charge in [0, 0.05) is 24.9 Å². The number of hydrogen-bond donors (Lipinski definition) is 0. The zero-order valence-corrected chi connectivity index (χ0v) is 11.3. The smallest absolute Gasteiger partial charge is 0.293 e. The van der Waals surface area contributed by atoms with Gasteiger partial charge in [0.15, 0.2) is 11.6 Å². The maximum Gasteiger partial charge on any atom is 0.293 e. The number of rotatable bonds is 4. The topological polar surface area (TPSA) is 79.1 Å². The number of aromatic nitrogens is 4. The molecule has 0 spiro atoms. The van der Waals surface area contributed by atoms with Crippen LogP contribution < -0.4 is 0 Å². The average Bonchev–Trinajstić information content (AvgIpc) is 3.28. The molecule has 7 nitrogen and oxygen atoms in total. The van der Waals surface area contributed by atoms with Gasteiger partial charge in [0.05, 0.1) is 19.5 Å². The van der Waals surface area contributed by atoms with Gasteiger partial charge in [-0.15, -0.1) is 0 Å². The predicted octanol–water partition coefficient (Wildman–Crippen LogP) is 2.08. The molecule has 0 aromatic carbocycles. The molecule has 0 saturated carbocycles. The molecule has 0 unspecified atom stereocenters. The molecule has 3 aromatic heterocycles. The minimum atomic E-state index is 0.225. The molecule has 108 valence electrons. The Hall–Kier alpha value is -2.41. The fraction of sp³-hybridized carbons (Fsp3) is 0.357. The Morgan fingerprint density at radius 1 is 1.33 bits per heavy atom. The van der Waals surface area contributed by atoms with E-state index < -0.39 is 0 Å². The molecule has 1 aliphatic heterocycles. The molecule has 1 atom stereocenters. The Morgan fingerprint density at radius 3 is 3.14 bits per heavy atom. The zero-order valence-electron chi connectivity index (χ0n) is 11.3. The number of furan rings is 1. The van der Waals surface area contributed by atoms with Crippen LogP contribution in [0.15, 0.2) is 39.8 Å². The van der Waals surface area contributed by atoms with Crippen LogP contribution in [-0.4, -0.2) is 32.9 Å². The highest BCUT2D eigenvalue weighted by Gasteiger charge is 2.24. The zero-order chi connectivity index (χ0) is 14.1. The highest BCUT2D eigenvalue weighted by Crippen LogP contribution is 2.26. The number of ether oxygens (including phenoxy) is 1. The van der Waals surface area contributed by atoms with Gasteiger partial charge in [-0.3, -0.25) is 0 Å². The minimum Gasteiger partial charge on any atom is -0.454 e. The Balaban J connectivity index is 1.52. The fourth-order valence-electron chi connectivity index (χ4n) is 2.38. The van der Waals surface area contributed by atoms with Crippen molar-refractivity contribution in [1.29, 1.82) is 0 Å². The first-order valence-corrected chi connectivity index (χ1v) is 6.84. The number of nitrogens with zero attached hydrogens (tertiary/aromatic N) is 4. The summed E-state index contributed by atoms with van der Waals surface area (Å²) in [6.07, 6.45) is 6.29.